The number of methoxy groups -OCH3 is 1. The molecule has 1 aromatic rings. The first-order chi connectivity index (χ1) is 7.29. The highest BCUT2D eigenvalue weighted by Crippen LogP contribution is 2.36. The van der Waals surface area contributed by atoms with E-state index in [4.69, 9.17) is 15.4 Å². The van der Waals surface area contributed by atoms with Crippen LogP contribution in [-0.4, -0.2) is 20.5 Å². The van der Waals surface area contributed by atoms with Crippen molar-refractivity contribution in [3.8, 4) is 5.75 Å². The van der Waals surface area contributed by atoms with Crippen molar-refractivity contribution in [3.05, 3.63) is 17.5 Å². The quantitative estimate of drug-likeness (QED) is 0.792. The van der Waals surface area contributed by atoms with Crippen molar-refractivity contribution < 1.29 is 21.9 Å². The van der Waals surface area contributed by atoms with E-state index < -0.39 is 25.9 Å². The summed E-state index contributed by atoms with van der Waals surface area (Å²) >= 11 is 0. The third-order valence-corrected chi connectivity index (χ3v) is 3.25. The van der Waals surface area contributed by atoms with Gasteiger partial charge in [-0.05, 0) is 6.92 Å². The average Bonchev–Trinajstić information content (AvgIpc) is 2.14. The van der Waals surface area contributed by atoms with E-state index in [1.807, 2.05) is 0 Å². The fourth-order valence-electron chi connectivity index (χ4n) is 1.25. The molecule has 90 valence electrons. The number of hydrogen-bond acceptors (Lipinski definition) is 4. The molecule has 4 nitrogen and oxygen atoms in total. The Balaban J connectivity index is 3.65. The van der Waals surface area contributed by atoms with Crippen molar-refractivity contribution in [2.75, 3.05) is 7.11 Å². The van der Waals surface area contributed by atoms with Gasteiger partial charge in [0.05, 0.1) is 18.4 Å². The molecule has 0 amide bonds. The van der Waals surface area contributed by atoms with E-state index >= 15 is 0 Å². The number of halogens is 3. The van der Waals surface area contributed by atoms with Crippen LogP contribution < -0.4 is 4.74 Å². The topological polar surface area (TPSA) is 56.3 Å². The van der Waals surface area contributed by atoms with Crippen LogP contribution in [0.5, 0.6) is 5.75 Å². The Hall–Kier alpha value is -0.950. The molecular formula is C8H8ClF2NO3S. The van der Waals surface area contributed by atoms with E-state index in [0.29, 0.717) is 0 Å². The van der Waals surface area contributed by atoms with Gasteiger partial charge in [-0.3, -0.25) is 4.98 Å². The molecule has 1 rings (SSSR count). The Morgan fingerprint density at radius 2 is 2.06 bits per heavy atom. The highest BCUT2D eigenvalue weighted by atomic mass is 35.7. The largest absolute Gasteiger partial charge is 0.494 e. The number of aromatic nitrogens is 1. The van der Waals surface area contributed by atoms with Gasteiger partial charge in [0.15, 0.2) is 0 Å². The molecule has 0 unspecified atom stereocenters. The van der Waals surface area contributed by atoms with E-state index in [-0.39, 0.29) is 11.4 Å². The van der Waals surface area contributed by atoms with Gasteiger partial charge in [-0.15, -0.1) is 0 Å². The lowest BCUT2D eigenvalue weighted by Crippen LogP contribution is -2.05. The Labute approximate surface area is 95.6 Å². The molecular weight excluding hydrogens is 264 g/mol. The fourth-order valence-corrected chi connectivity index (χ4v) is 2.24. The number of rotatable bonds is 3. The van der Waals surface area contributed by atoms with E-state index in [1.54, 1.807) is 0 Å². The number of ether oxygens (including phenoxy) is 1. The third-order valence-electron chi connectivity index (χ3n) is 1.90. The predicted molar refractivity (Wildman–Crippen MR) is 53.5 cm³/mol. The molecule has 16 heavy (non-hydrogen) atoms. The Bertz CT molecular complexity index is 504. The van der Waals surface area contributed by atoms with Crippen molar-refractivity contribution >= 4 is 19.7 Å². The van der Waals surface area contributed by atoms with Gasteiger partial charge >= 0.3 is 0 Å². The van der Waals surface area contributed by atoms with Gasteiger partial charge in [0.1, 0.15) is 10.6 Å². The molecule has 0 spiro atoms. The van der Waals surface area contributed by atoms with Crippen LogP contribution in [0.15, 0.2) is 11.1 Å². The van der Waals surface area contributed by atoms with Crippen molar-refractivity contribution in [3.63, 3.8) is 0 Å². The summed E-state index contributed by atoms with van der Waals surface area (Å²) in [6.45, 7) is 1.43. The molecule has 0 aliphatic carbocycles. The summed E-state index contributed by atoms with van der Waals surface area (Å²) < 4.78 is 52.4. The Morgan fingerprint density at radius 3 is 2.44 bits per heavy atom. The average molecular weight is 272 g/mol. The van der Waals surface area contributed by atoms with Crippen molar-refractivity contribution in [2.24, 2.45) is 0 Å². The molecule has 0 saturated carbocycles. The molecule has 0 atom stereocenters. The number of alkyl halides is 2. The molecule has 0 aliphatic rings. The zero-order valence-electron chi connectivity index (χ0n) is 8.37. The number of hydrogen-bond donors (Lipinski definition) is 0. The van der Waals surface area contributed by atoms with Crippen LogP contribution in [0, 0.1) is 6.92 Å². The van der Waals surface area contributed by atoms with E-state index in [0.717, 1.165) is 13.3 Å². The Kier molecular flexibility index (Phi) is 3.69. The molecule has 0 saturated heterocycles. The van der Waals surface area contributed by atoms with Crippen LogP contribution in [-0.2, 0) is 9.05 Å². The monoisotopic (exact) mass is 271 g/mol. The summed E-state index contributed by atoms with van der Waals surface area (Å²) in [5.41, 5.74) is -0.591. The van der Waals surface area contributed by atoms with Gasteiger partial charge in [-0.25, -0.2) is 17.2 Å². The third kappa shape index (κ3) is 2.41. The van der Waals surface area contributed by atoms with Crippen LogP contribution in [0.3, 0.4) is 0 Å². The smallest absolute Gasteiger partial charge is 0.268 e. The highest BCUT2D eigenvalue weighted by Gasteiger charge is 2.27. The maximum Gasteiger partial charge on any atom is 0.268 e. The molecule has 0 aromatic carbocycles. The van der Waals surface area contributed by atoms with Crippen molar-refractivity contribution in [2.45, 2.75) is 18.2 Å². The van der Waals surface area contributed by atoms with Crippen LogP contribution in [0.4, 0.5) is 8.78 Å². The van der Waals surface area contributed by atoms with Gasteiger partial charge in [-0.2, -0.15) is 0 Å². The van der Waals surface area contributed by atoms with E-state index in [9.17, 15) is 17.2 Å². The van der Waals surface area contributed by atoms with Gasteiger partial charge < -0.3 is 4.74 Å². The zero-order chi connectivity index (χ0) is 12.5. The molecule has 0 aliphatic heterocycles. The minimum Gasteiger partial charge on any atom is -0.494 e. The second-order valence-corrected chi connectivity index (χ2v) is 5.43. The number of pyridine rings is 1. The van der Waals surface area contributed by atoms with Crippen LogP contribution in [0.1, 0.15) is 17.7 Å². The molecule has 0 N–H and O–H groups in total. The van der Waals surface area contributed by atoms with Gasteiger partial charge in [0, 0.05) is 16.9 Å². The van der Waals surface area contributed by atoms with Crippen LogP contribution >= 0.6 is 10.7 Å². The van der Waals surface area contributed by atoms with Crippen LogP contribution in [0.2, 0.25) is 0 Å². The normalized spacial score (nSPS) is 11.9. The standard InChI is InChI=1S/C8H8ClF2NO3S/c1-4-7(15-2)6(8(10)11)5(3-12-4)16(9,13)14/h3,8H,1-2H3. The lowest BCUT2D eigenvalue weighted by atomic mass is 10.2. The van der Waals surface area contributed by atoms with Crippen molar-refractivity contribution in [1.29, 1.82) is 0 Å². The van der Waals surface area contributed by atoms with Gasteiger partial charge in [0.2, 0.25) is 0 Å². The number of aryl methyl sites for hydroxylation is 1. The highest BCUT2D eigenvalue weighted by molar-refractivity contribution is 8.13. The summed E-state index contributed by atoms with van der Waals surface area (Å²) in [5.74, 6) is -0.267. The predicted octanol–water partition coefficient (Wildman–Crippen LogP) is 2.26. The van der Waals surface area contributed by atoms with Crippen molar-refractivity contribution in [1.82, 2.24) is 4.98 Å². The van der Waals surface area contributed by atoms with E-state index in [1.165, 1.54) is 6.92 Å². The molecule has 0 fully saturated rings. The summed E-state index contributed by atoms with van der Waals surface area (Å²) in [5, 5.41) is 0. The molecule has 1 aromatic heterocycles. The summed E-state index contributed by atoms with van der Waals surface area (Å²) in [4.78, 5) is 2.91. The maximum atomic E-state index is 12.8. The fraction of sp³-hybridized carbons (Fsp3) is 0.375. The minimum absolute atomic E-state index is 0.168. The first kappa shape index (κ1) is 13.1. The van der Waals surface area contributed by atoms with E-state index in [2.05, 4.69) is 4.98 Å². The van der Waals surface area contributed by atoms with Crippen LogP contribution in [0.25, 0.3) is 0 Å². The summed E-state index contributed by atoms with van der Waals surface area (Å²) in [7, 11) is 1.91. The SMILES string of the molecule is COc1c(C)ncc(S(=O)(=O)Cl)c1C(F)F. The minimum atomic E-state index is -4.28. The Morgan fingerprint density at radius 1 is 1.50 bits per heavy atom. The molecule has 0 bridgehead atoms. The molecule has 8 heteroatoms. The molecule has 1 heterocycles. The second kappa shape index (κ2) is 4.50. The lowest BCUT2D eigenvalue weighted by molar-refractivity contribution is 0.143. The lowest BCUT2D eigenvalue weighted by Gasteiger charge is -2.12. The maximum absolute atomic E-state index is 12.8. The first-order valence-electron chi connectivity index (χ1n) is 4.05. The first-order valence-corrected chi connectivity index (χ1v) is 6.36. The summed E-state index contributed by atoms with van der Waals surface area (Å²) in [6, 6.07) is 0. The molecule has 0 radical (unpaired) electrons. The number of nitrogens with zero attached hydrogens (tertiary/aromatic N) is 1. The zero-order valence-corrected chi connectivity index (χ0v) is 9.94. The van der Waals surface area contributed by atoms with Gasteiger partial charge in [0.25, 0.3) is 15.5 Å². The summed E-state index contributed by atoms with van der Waals surface area (Å²) in [6.07, 6.45) is -2.22. The second-order valence-electron chi connectivity index (χ2n) is 2.89. The van der Waals surface area contributed by atoms with Gasteiger partial charge in [-0.1, -0.05) is 0 Å².